The van der Waals surface area contributed by atoms with E-state index in [1.807, 2.05) is 22.8 Å². The van der Waals surface area contributed by atoms with Gasteiger partial charge in [-0.05, 0) is 49.7 Å². The van der Waals surface area contributed by atoms with Crippen LogP contribution in [0.1, 0.15) is 46.7 Å². The number of anilines is 1. The van der Waals surface area contributed by atoms with Crippen LogP contribution in [0.3, 0.4) is 0 Å². The standard InChI is InChI=1S/C32H31FN6O5/c1-20(31-35-26-9-8-22(32(41)42-2)15-27(26)39(31)17-24-10-13-43-24)38-12-11-37(18-30(38)40)28-4-3-5-29(36-28)44-19-23-7-6-21(16-34)14-25(23)33/h3-9,14-15,20,24H,10-13,17-19H2,1-2H3/t20-,24-/m0/s1. The Bertz CT molecular complexity index is 1760. The molecule has 4 aromatic rings. The van der Waals surface area contributed by atoms with Crippen LogP contribution >= 0.6 is 0 Å². The molecule has 226 valence electrons. The van der Waals surface area contributed by atoms with E-state index in [0.717, 1.165) is 23.3 Å². The van der Waals surface area contributed by atoms with Gasteiger partial charge in [0.1, 0.15) is 24.1 Å². The third kappa shape index (κ3) is 5.78. The topological polar surface area (TPSA) is 123 Å². The molecule has 0 aliphatic carbocycles. The van der Waals surface area contributed by atoms with Crippen LogP contribution in [0.25, 0.3) is 11.0 Å². The second-order valence-corrected chi connectivity index (χ2v) is 10.8. The second-order valence-electron chi connectivity index (χ2n) is 10.8. The highest BCUT2D eigenvalue weighted by Crippen LogP contribution is 2.30. The number of methoxy groups -OCH3 is 1. The van der Waals surface area contributed by atoms with Crippen LogP contribution in [-0.2, 0) is 27.4 Å². The molecule has 2 atom stereocenters. The number of ether oxygens (including phenoxy) is 3. The zero-order valence-corrected chi connectivity index (χ0v) is 24.4. The van der Waals surface area contributed by atoms with Crippen LogP contribution in [0.2, 0.25) is 0 Å². The van der Waals surface area contributed by atoms with Crippen molar-refractivity contribution >= 4 is 28.7 Å². The lowest BCUT2D eigenvalue weighted by atomic mass is 10.1. The molecular weight excluding hydrogens is 567 g/mol. The summed E-state index contributed by atoms with van der Waals surface area (Å²) < 4.78 is 32.7. The first-order valence-corrected chi connectivity index (χ1v) is 14.4. The molecule has 2 saturated heterocycles. The largest absolute Gasteiger partial charge is 0.473 e. The fourth-order valence-electron chi connectivity index (χ4n) is 5.51. The maximum atomic E-state index is 14.3. The van der Waals surface area contributed by atoms with E-state index in [0.29, 0.717) is 49.1 Å². The molecule has 0 radical (unpaired) electrons. The number of carbonyl (C=O) groups excluding carboxylic acids is 2. The van der Waals surface area contributed by atoms with Crippen molar-refractivity contribution in [2.45, 2.75) is 38.6 Å². The minimum atomic E-state index is -0.520. The lowest BCUT2D eigenvalue weighted by Crippen LogP contribution is -2.51. The predicted octanol–water partition coefficient (Wildman–Crippen LogP) is 4.01. The molecule has 2 fully saturated rings. The Balaban J connectivity index is 1.17. The number of fused-ring (bicyclic) bond motifs is 1. The van der Waals surface area contributed by atoms with Crippen LogP contribution in [-0.4, -0.2) is 70.8 Å². The second kappa shape index (κ2) is 12.3. The Hall–Kier alpha value is -5.02. The number of esters is 1. The Kier molecular flexibility index (Phi) is 8.13. The van der Waals surface area contributed by atoms with Crippen molar-refractivity contribution in [3.63, 3.8) is 0 Å². The average Bonchev–Trinajstić information content (AvgIpc) is 3.39. The van der Waals surface area contributed by atoms with Crippen LogP contribution < -0.4 is 9.64 Å². The van der Waals surface area contributed by atoms with Crippen molar-refractivity contribution < 1.29 is 28.2 Å². The first-order chi connectivity index (χ1) is 21.3. The molecule has 2 aliphatic heterocycles. The van der Waals surface area contributed by atoms with E-state index < -0.39 is 11.8 Å². The van der Waals surface area contributed by atoms with Crippen molar-refractivity contribution in [3.8, 4) is 11.9 Å². The van der Waals surface area contributed by atoms with Crippen LogP contribution in [0.4, 0.5) is 10.2 Å². The van der Waals surface area contributed by atoms with Crippen molar-refractivity contribution in [2.75, 3.05) is 38.3 Å². The fraction of sp³-hybridized carbons (Fsp3) is 0.344. The number of pyridine rings is 1. The van der Waals surface area contributed by atoms with Gasteiger partial charge in [0, 0.05) is 31.3 Å². The minimum Gasteiger partial charge on any atom is -0.473 e. The number of rotatable bonds is 9. The number of amides is 1. The fourth-order valence-corrected chi connectivity index (χ4v) is 5.51. The van der Waals surface area contributed by atoms with Gasteiger partial charge in [-0.2, -0.15) is 10.2 Å². The summed E-state index contributed by atoms with van der Waals surface area (Å²) in [4.78, 5) is 38.9. The number of halogens is 1. The molecule has 0 unspecified atom stereocenters. The summed E-state index contributed by atoms with van der Waals surface area (Å²) in [5, 5.41) is 8.94. The van der Waals surface area contributed by atoms with Gasteiger partial charge in [0.25, 0.3) is 0 Å². The van der Waals surface area contributed by atoms with E-state index in [1.54, 1.807) is 36.4 Å². The number of piperazine rings is 1. The number of benzene rings is 2. The summed E-state index contributed by atoms with van der Waals surface area (Å²) in [5.41, 5.74) is 2.50. The monoisotopic (exact) mass is 598 g/mol. The quantitative estimate of drug-likeness (QED) is 0.263. The first kappa shape index (κ1) is 29.1. The number of nitrogens with zero attached hydrogens (tertiary/aromatic N) is 6. The van der Waals surface area contributed by atoms with E-state index in [2.05, 4.69) is 9.55 Å². The third-order valence-corrected chi connectivity index (χ3v) is 8.07. The smallest absolute Gasteiger partial charge is 0.337 e. The molecule has 44 heavy (non-hydrogen) atoms. The van der Waals surface area contributed by atoms with Crippen molar-refractivity contribution in [1.29, 1.82) is 5.26 Å². The van der Waals surface area contributed by atoms with Gasteiger partial charge < -0.3 is 28.6 Å². The lowest BCUT2D eigenvalue weighted by molar-refractivity contribution is -0.133. The van der Waals surface area contributed by atoms with Crippen LogP contribution in [0, 0.1) is 17.1 Å². The molecule has 0 N–H and O–H groups in total. The van der Waals surface area contributed by atoms with Gasteiger partial charge in [0.2, 0.25) is 11.8 Å². The molecule has 0 saturated carbocycles. The Morgan fingerprint density at radius 3 is 2.73 bits per heavy atom. The normalized spacial score (nSPS) is 17.2. The molecule has 1 amide bonds. The van der Waals surface area contributed by atoms with Crippen molar-refractivity contribution in [3.05, 3.63) is 82.9 Å². The van der Waals surface area contributed by atoms with Gasteiger partial charge in [0.15, 0.2) is 0 Å². The molecule has 11 nitrogen and oxygen atoms in total. The molecule has 0 spiro atoms. The Labute approximate surface area is 253 Å². The number of hydrogen-bond donors (Lipinski definition) is 0. The zero-order valence-electron chi connectivity index (χ0n) is 24.4. The van der Waals surface area contributed by atoms with Gasteiger partial charge in [-0.15, -0.1) is 0 Å². The molecule has 0 bridgehead atoms. The third-order valence-electron chi connectivity index (χ3n) is 8.07. The Morgan fingerprint density at radius 2 is 2.02 bits per heavy atom. The van der Waals surface area contributed by atoms with Crippen molar-refractivity contribution in [2.24, 2.45) is 0 Å². The number of carbonyl (C=O) groups is 2. The lowest BCUT2D eigenvalue weighted by Gasteiger charge is -2.38. The summed E-state index contributed by atoms with van der Waals surface area (Å²) >= 11 is 0. The zero-order chi connectivity index (χ0) is 30.8. The SMILES string of the molecule is COC(=O)c1ccc2nc([C@H](C)N3CCN(c4cccc(OCc5ccc(C#N)cc5F)n4)CC3=O)n(C[C@@H]3CCO3)c2c1. The number of aromatic nitrogens is 3. The summed E-state index contributed by atoms with van der Waals surface area (Å²) in [5.74, 6) is 0.577. The van der Waals surface area contributed by atoms with E-state index >= 15 is 0 Å². The van der Waals surface area contributed by atoms with Crippen LogP contribution in [0.15, 0.2) is 54.6 Å². The average molecular weight is 599 g/mol. The first-order valence-electron chi connectivity index (χ1n) is 14.4. The molecular formula is C32H31FN6O5. The number of nitriles is 1. The molecule has 2 aliphatic rings. The summed E-state index contributed by atoms with van der Waals surface area (Å²) in [7, 11) is 1.35. The summed E-state index contributed by atoms with van der Waals surface area (Å²) in [6.45, 7) is 4.29. The maximum Gasteiger partial charge on any atom is 0.337 e. The highest BCUT2D eigenvalue weighted by Gasteiger charge is 2.33. The number of hydrogen-bond acceptors (Lipinski definition) is 9. The van der Waals surface area contributed by atoms with Gasteiger partial charge in [-0.25, -0.2) is 14.2 Å². The molecule has 4 heterocycles. The van der Waals surface area contributed by atoms with E-state index in [4.69, 9.17) is 24.5 Å². The van der Waals surface area contributed by atoms with Gasteiger partial charge >= 0.3 is 5.97 Å². The predicted molar refractivity (Wildman–Crippen MR) is 157 cm³/mol. The van der Waals surface area contributed by atoms with Crippen molar-refractivity contribution in [1.82, 2.24) is 19.4 Å². The van der Waals surface area contributed by atoms with Crippen LogP contribution in [0.5, 0.6) is 5.88 Å². The molecule has 12 heteroatoms. The molecule has 2 aromatic heterocycles. The minimum absolute atomic E-state index is 0.0432. The summed E-state index contributed by atoms with van der Waals surface area (Å²) in [6.07, 6.45) is 0.974. The molecule has 2 aromatic carbocycles. The summed E-state index contributed by atoms with van der Waals surface area (Å²) in [6, 6.07) is 16.3. The van der Waals surface area contributed by atoms with E-state index in [-0.39, 0.29) is 36.8 Å². The van der Waals surface area contributed by atoms with Gasteiger partial charge in [-0.3, -0.25) is 4.79 Å². The van der Waals surface area contributed by atoms with Gasteiger partial charge in [-0.1, -0.05) is 12.1 Å². The van der Waals surface area contributed by atoms with Gasteiger partial charge in [0.05, 0.1) is 60.6 Å². The Morgan fingerprint density at radius 1 is 1.18 bits per heavy atom. The highest BCUT2D eigenvalue weighted by molar-refractivity contribution is 5.93. The van der Waals surface area contributed by atoms with E-state index in [1.165, 1.54) is 25.3 Å². The maximum absolute atomic E-state index is 14.3. The number of imidazole rings is 1. The molecule has 6 rings (SSSR count). The highest BCUT2D eigenvalue weighted by atomic mass is 19.1. The van der Waals surface area contributed by atoms with E-state index in [9.17, 15) is 14.0 Å².